The lowest BCUT2D eigenvalue weighted by Crippen LogP contribution is -2.31. The number of ether oxygens (including phenoxy) is 1. The lowest BCUT2D eigenvalue weighted by Gasteiger charge is -2.16. The van der Waals surface area contributed by atoms with Crippen LogP contribution in [0.2, 0.25) is 0 Å². The van der Waals surface area contributed by atoms with Crippen molar-refractivity contribution < 1.29 is 4.74 Å². The van der Waals surface area contributed by atoms with E-state index in [1.165, 1.54) is 4.90 Å². The van der Waals surface area contributed by atoms with E-state index in [9.17, 15) is 0 Å². The molecule has 1 aromatic carbocycles. The number of nitrogens with two attached hydrogens (primary N) is 1. The van der Waals surface area contributed by atoms with Gasteiger partial charge in [0.05, 0.1) is 12.6 Å². The molecule has 0 spiro atoms. The minimum atomic E-state index is 0.0717. The average molecular weight is 240 g/mol. The fourth-order valence-corrected chi connectivity index (χ4v) is 1.83. The van der Waals surface area contributed by atoms with Gasteiger partial charge in [0, 0.05) is 11.5 Å². The summed E-state index contributed by atoms with van der Waals surface area (Å²) in [7, 11) is 0. The van der Waals surface area contributed by atoms with Gasteiger partial charge in [0.2, 0.25) is 0 Å². The van der Waals surface area contributed by atoms with Gasteiger partial charge in [-0.1, -0.05) is 19.1 Å². The Hall–Kier alpha value is -0.550. The molecule has 4 heteroatoms. The fourth-order valence-electron chi connectivity index (χ4n) is 1.42. The lowest BCUT2D eigenvalue weighted by atomic mass is 10.1. The summed E-state index contributed by atoms with van der Waals surface area (Å²) in [6, 6.07) is 8.45. The molecule has 0 aliphatic carbocycles. The van der Waals surface area contributed by atoms with Crippen molar-refractivity contribution in [1.82, 2.24) is 5.43 Å². The first kappa shape index (κ1) is 13.5. The SMILES string of the molecule is CCCOCC(NN)c1ccc(SC)cc1. The molecule has 1 rings (SSSR count). The fraction of sp³-hybridized carbons (Fsp3) is 0.500. The number of thioether (sulfide) groups is 1. The van der Waals surface area contributed by atoms with Crippen molar-refractivity contribution in [3.05, 3.63) is 29.8 Å². The first-order valence-electron chi connectivity index (χ1n) is 5.49. The lowest BCUT2D eigenvalue weighted by molar-refractivity contribution is 0.112. The summed E-state index contributed by atoms with van der Waals surface area (Å²) in [5.74, 6) is 5.52. The zero-order valence-corrected chi connectivity index (χ0v) is 10.7. The highest BCUT2D eigenvalue weighted by molar-refractivity contribution is 7.98. The normalized spacial score (nSPS) is 12.7. The predicted molar refractivity (Wildman–Crippen MR) is 69.4 cm³/mol. The Morgan fingerprint density at radius 3 is 2.56 bits per heavy atom. The van der Waals surface area contributed by atoms with Gasteiger partial charge in [-0.15, -0.1) is 11.8 Å². The van der Waals surface area contributed by atoms with Gasteiger partial charge in [0.15, 0.2) is 0 Å². The maximum atomic E-state index is 5.52. The smallest absolute Gasteiger partial charge is 0.0693 e. The maximum absolute atomic E-state index is 5.52. The van der Waals surface area contributed by atoms with Crippen LogP contribution in [-0.2, 0) is 4.74 Å². The van der Waals surface area contributed by atoms with Crippen LogP contribution in [0.1, 0.15) is 24.9 Å². The number of rotatable bonds is 7. The third kappa shape index (κ3) is 4.14. The molecule has 0 aliphatic heterocycles. The molecular weight excluding hydrogens is 220 g/mol. The summed E-state index contributed by atoms with van der Waals surface area (Å²) in [6.07, 6.45) is 3.10. The minimum Gasteiger partial charge on any atom is -0.379 e. The van der Waals surface area contributed by atoms with E-state index in [-0.39, 0.29) is 6.04 Å². The highest BCUT2D eigenvalue weighted by atomic mass is 32.2. The van der Waals surface area contributed by atoms with Gasteiger partial charge in [-0.2, -0.15) is 0 Å². The molecule has 0 saturated carbocycles. The zero-order valence-electron chi connectivity index (χ0n) is 9.90. The highest BCUT2D eigenvalue weighted by Gasteiger charge is 2.09. The molecule has 16 heavy (non-hydrogen) atoms. The van der Waals surface area contributed by atoms with Crippen molar-refractivity contribution in [2.45, 2.75) is 24.3 Å². The molecular formula is C12H20N2OS. The van der Waals surface area contributed by atoms with Crippen LogP contribution in [0.15, 0.2) is 29.2 Å². The molecule has 1 unspecified atom stereocenters. The summed E-state index contributed by atoms with van der Waals surface area (Å²) in [5.41, 5.74) is 3.95. The summed E-state index contributed by atoms with van der Waals surface area (Å²) in [6.45, 7) is 3.49. The molecule has 0 saturated heterocycles. The van der Waals surface area contributed by atoms with Crippen molar-refractivity contribution in [3.63, 3.8) is 0 Å². The second-order valence-electron chi connectivity index (χ2n) is 3.57. The summed E-state index contributed by atoms with van der Waals surface area (Å²) in [5, 5.41) is 0. The third-order valence-electron chi connectivity index (χ3n) is 2.35. The molecule has 1 atom stereocenters. The van der Waals surface area contributed by atoms with Crippen LogP contribution in [0.4, 0.5) is 0 Å². The van der Waals surface area contributed by atoms with E-state index in [0.717, 1.165) is 18.6 Å². The first-order valence-corrected chi connectivity index (χ1v) is 6.72. The van der Waals surface area contributed by atoms with Crippen LogP contribution in [0.5, 0.6) is 0 Å². The number of hydrogen-bond acceptors (Lipinski definition) is 4. The standard InChI is InChI=1S/C12H20N2OS/c1-3-8-15-9-12(14-13)10-4-6-11(16-2)7-5-10/h4-7,12,14H,3,8-9,13H2,1-2H3. The first-order chi connectivity index (χ1) is 7.81. The molecule has 0 amide bonds. The maximum Gasteiger partial charge on any atom is 0.0693 e. The van der Waals surface area contributed by atoms with Gasteiger partial charge in [-0.05, 0) is 30.4 Å². The molecule has 0 bridgehead atoms. The average Bonchev–Trinajstić information content (AvgIpc) is 2.35. The summed E-state index contributed by atoms with van der Waals surface area (Å²) >= 11 is 1.74. The second kappa shape index (κ2) is 7.68. The zero-order chi connectivity index (χ0) is 11.8. The summed E-state index contributed by atoms with van der Waals surface area (Å²) in [4.78, 5) is 1.26. The topological polar surface area (TPSA) is 47.3 Å². The van der Waals surface area contributed by atoms with E-state index in [2.05, 4.69) is 42.9 Å². The second-order valence-corrected chi connectivity index (χ2v) is 4.45. The quantitative estimate of drug-likeness (QED) is 0.332. The van der Waals surface area contributed by atoms with Crippen molar-refractivity contribution in [2.24, 2.45) is 5.84 Å². The van der Waals surface area contributed by atoms with Crippen LogP contribution in [-0.4, -0.2) is 19.5 Å². The number of hydrazine groups is 1. The largest absolute Gasteiger partial charge is 0.379 e. The van der Waals surface area contributed by atoms with E-state index >= 15 is 0 Å². The number of benzene rings is 1. The van der Waals surface area contributed by atoms with E-state index in [1.807, 2.05) is 0 Å². The van der Waals surface area contributed by atoms with Crippen LogP contribution in [0, 0.1) is 0 Å². The Labute approximate surface area is 102 Å². The van der Waals surface area contributed by atoms with Gasteiger partial charge >= 0.3 is 0 Å². The molecule has 0 heterocycles. The number of nitrogens with one attached hydrogen (secondary N) is 1. The van der Waals surface area contributed by atoms with Crippen LogP contribution < -0.4 is 11.3 Å². The molecule has 3 N–H and O–H groups in total. The van der Waals surface area contributed by atoms with Gasteiger partial charge in [-0.3, -0.25) is 11.3 Å². The van der Waals surface area contributed by atoms with E-state index in [0.29, 0.717) is 6.61 Å². The van der Waals surface area contributed by atoms with Gasteiger partial charge in [-0.25, -0.2) is 0 Å². The molecule has 0 radical (unpaired) electrons. The molecule has 1 aromatic rings. The van der Waals surface area contributed by atoms with Gasteiger partial charge in [0.1, 0.15) is 0 Å². The molecule has 0 fully saturated rings. The Morgan fingerprint density at radius 1 is 1.38 bits per heavy atom. The molecule has 0 aromatic heterocycles. The molecule has 90 valence electrons. The van der Waals surface area contributed by atoms with Gasteiger partial charge in [0.25, 0.3) is 0 Å². The Morgan fingerprint density at radius 2 is 2.06 bits per heavy atom. The predicted octanol–water partition coefficient (Wildman–Crippen LogP) is 2.34. The van der Waals surface area contributed by atoms with E-state index in [1.54, 1.807) is 11.8 Å². The van der Waals surface area contributed by atoms with E-state index < -0.39 is 0 Å². The highest BCUT2D eigenvalue weighted by Crippen LogP contribution is 2.18. The van der Waals surface area contributed by atoms with E-state index in [4.69, 9.17) is 10.6 Å². The Balaban J connectivity index is 2.56. The van der Waals surface area contributed by atoms with Gasteiger partial charge < -0.3 is 4.74 Å². The number of hydrogen-bond donors (Lipinski definition) is 2. The third-order valence-corrected chi connectivity index (χ3v) is 3.10. The van der Waals surface area contributed by atoms with Crippen molar-refractivity contribution >= 4 is 11.8 Å². The molecule has 0 aliphatic rings. The Bertz CT molecular complexity index is 290. The van der Waals surface area contributed by atoms with Crippen molar-refractivity contribution in [1.29, 1.82) is 0 Å². The van der Waals surface area contributed by atoms with Crippen LogP contribution in [0.25, 0.3) is 0 Å². The van der Waals surface area contributed by atoms with Crippen LogP contribution in [0.3, 0.4) is 0 Å². The van der Waals surface area contributed by atoms with Crippen molar-refractivity contribution in [3.8, 4) is 0 Å². The van der Waals surface area contributed by atoms with Crippen LogP contribution >= 0.6 is 11.8 Å². The van der Waals surface area contributed by atoms with Crippen molar-refractivity contribution in [2.75, 3.05) is 19.5 Å². The Kier molecular flexibility index (Phi) is 6.49. The monoisotopic (exact) mass is 240 g/mol. The minimum absolute atomic E-state index is 0.0717. The molecule has 3 nitrogen and oxygen atoms in total. The summed E-state index contributed by atoms with van der Waals surface area (Å²) < 4.78 is 5.50.